The minimum Gasteiger partial charge on any atom is -0.497 e. The van der Waals surface area contributed by atoms with Crippen LogP contribution >= 0.6 is 0 Å². The van der Waals surface area contributed by atoms with Crippen molar-refractivity contribution in [3.8, 4) is 5.75 Å². The van der Waals surface area contributed by atoms with Crippen LogP contribution in [0, 0.1) is 13.8 Å². The van der Waals surface area contributed by atoms with Crippen molar-refractivity contribution in [1.29, 1.82) is 0 Å². The number of rotatable bonds is 7. The van der Waals surface area contributed by atoms with Crippen LogP contribution in [0.4, 0.5) is 11.4 Å². The predicted octanol–water partition coefficient (Wildman–Crippen LogP) is 3.54. The van der Waals surface area contributed by atoms with Gasteiger partial charge in [0.05, 0.1) is 29.1 Å². The fourth-order valence-corrected chi connectivity index (χ4v) is 4.44. The number of benzene rings is 2. The molecule has 0 spiro atoms. The number of aryl methyl sites for hydroxylation is 2. The smallest absolute Gasteiger partial charge is 0.264 e. The zero-order valence-electron chi connectivity index (χ0n) is 17.0. The summed E-state index contributed by atoms with van der Waals surface area (Å²) in [6.07, 6.45) is 1.62. The third-order valence-corrected chi connectivity index (χ3v) is 6.36. The molecular formula is C22H23N3O4S. The second-order valence-corrected chi connectivity index (χ2v) is 8.52. The van der Waals surface area contributed by atoms with E-state index in [0.29, 0.717) is 28.4 Å². The number of carbonyl (C=O) groups excluding carboxylic acids is 1. The highest BCUT2D eigenvalue weighted by Gasteiger charge is 2.28. The van der Waals surface area contributed by atoms with Gasteiger partial charge in [-0.1, -0.05) is 24.3 Å². The van der Waals surface area contributed by atoms with Gasteiger partial charge in [-0.05, 0) is 49.7 Å². The molecular weight excluding hydrogens is 402 g/mol. The van der Waals surface area contributed by atoms with E-state index in [2.05, 4.69) is 10.3 Å². The Kier molecular flexibility index (Phi) is 6.37. The van der Waals surface area contributed by atoms with E-state index in [-0.39, 0.29) is 4.90 Å². The molecule has 0 fully saturated rings. The van der Waals surface area contributed by atoms with Crippen LogP contribution in [0.3, 0.4) is 0 Å². The van der Waals surface area contributed by atoms with Crippen molar-refractivity contribution in [2.75, 3.05) is 23.3 Å². The van der Waals surface area contributed by atoms with Crippen LogP contribution in [-0.2, 0) is 14.8 Å². The van der Waals surface area contributed by atoms with Gasteiger partial charge in [-0.3, -0.25) is 14.1 Å². The molecule has 0 aliphatic rings. The van der Waals surface area contributed by atoms with E-state index in [9.17, 15) is 13.2 Å². The molecule has 0 unspecified atom stereocenters. The summed E-state index contributed by atoms with van der Waals surface area (Å²) in [5, 5.41) is 2.74. The second-order valence-electron chi connectivity index (χ2n) is 6.66. The van der Waals surface area contributed by atoms with E-state index >= 15 is 0 Å². The minimum absolute atomic E-state index is 0.0950. The highest BCUT2D eigenvalue weighted by Crippen LogP contribution is 2.30. The number of sulfonamides is 1. The lowest BCUT2D eigenvalue weighted by atomic mass is 10.2. The van der Waals surface area contributed by atoms with Crippen LogP contribution in [0.15, 0.2) is 71.8 Å². The average molecular weight is 426 g/mol. The molecule has 30 heavy (non-hydrogen) atoms. The number of carbonyl (C=O) groups is 1. The number of ether oxygens (including phenoxy) is 1. The summed E-state index contributed by atoms with van der Waals surface area (Å²) in [6, 6.07) is 16.5. The van der Waals surface area contributed by atoms with E-state index in [1.165, 1.54) is 19.2 Å². The number of amides is 1. The molecule has 0 radical (unpaired) electrons. The lowest BCUT2D eigenvalue weighted by Crippen LogP contribution is -2.38. The Hall–Kier alpha value is -3.39. The molecule has 156 valence electrons. The van der Waals surface area contributed by atoms with Gasteiger partial charge in [0.15, 0.2) is 0 Å². The van der Waals surface area contributed by atoms with Crippen molar-refractivity contribution in [2.45, 2.75) is 18.7 Å². The average Bonchev–Trinajstić information content (AvgIpc) is 2.75. The number of anilines is 2. The maximum absolute atomic E-state index is 13.4. The van der Waals surface area contributed by atoms with Gasteiger partial charge in [-0.25, -0.2) is 8.42 Å². The Balaban J connectivity index is 2.02. The quantitative estimate of drug-likeness (QED) is 0.625. The Bertz CT molecular complexity index is 1150. The zero-order chi connectivity index (χ0) is 21.7. The summed E-state index contributed by atoms with van der Waals surface area (Å²) in [5.74, 6) is 0.0141. The largest absolute Gasteiger partial charge is 0.497 e. The van der Waals surface area contributed by atoms with Crippen LogP contribution in [0.1, 0.15) is 11.3 Å². The molecule has 3 aromatic rings. The molecule has 0 aliphatic carbocycles. The van der Waals surface area contributed by atoms with E-state index in [4.69, 9.17) is 4.74 Å². The standard InChI is InChI=1S/C22H23N3O4S/c1-16-11-12-18(29-3)14-21(16)25(30(27,28)19-8-5-4-6-9-19)15-22(26)24-20-10-7-13-23-17(20)2/h4-14H,15H2,1-3H3,(H,24,26). The summed E-state index contributed by atoms with van der Waals surface area (Å²) >= 11 is 0. The maximum atomic E-state index is 13.4. The third-order valence-electron chi connectivity index (χ3n) is 4.58. The monoisotopic (exact) mass is 425 g/mol. The number of nitrogens with zero attached hydrogens (tertiary/aromatic N) is 2. The molecule has 1 heterocycles. The van der Waals surface area contributed by atoms with Crippen molar-refractivity contribution in [1.82, 2.24) is 4.98 Å². The number of aromatic nitrogens is 1. The van der Waals surface area contributed by atoms with Gasteiger partial charge in [-0.2, -0.15) is 0 Å². The lowest BCUT2D eigenvalue weighted by Gasteiger charge is -2.26. The normalized spacial score (nSPS) is 11.0. The molecule has 1 amide bonds. The van der Waals surface area contributed by atoms with Crippen molar-refractivity contribution in [2.24, 2.45) is 0 Å². The van der Waals surface area contributed by atoms with Crippen LogP contribution in [0.25, 0.3) is 0 Å². The Morgan fingerprint density at radius 1 is 1.07 bits per heavy atom. The molecule has 8 heteroatoms. The Labute approximate surface area is 176 Å². The lowest BCUT2D eigenvalue weighted by molar-refractivity contribution is -0.114. The fourth-order valence-electron chi connectivity index (χ4n) is 2.94. The SMILES string of the molecule is COc1ccc(C)c(N(CC(=O)Nc2cccnc2C)S(=O)(=O)c2ccccc2)c1. The number of nitrogens with one attached hydrogen (secondary N) is 1. The molecule has 1 N–H and O–H groups in total. The Morgan fingerprint density at radius 2 is 1.80 bits per heavy atom. The van der Waals surface area contributed by atoms with Gasteiger partial charge in [0.1, 0.15) is 12.3 Å². The number of pyridine rings is 1. The van der Waals surface area contributed by atoms with E-state index in [0.717, 1.165) is 4.31 Å². The van der Waals surface area contributed by atoms with Crippen LogP contribution < -0.4 is 14.4 Å². The van der Waals surface area contributed by atoms with Crippen LogP contribution in [-0.4, -0.2) is 33.0 Å². The van der Waals surface area contributed by atoms with Crippen LogP contribution in [0.5, 0.6) is 5.75 Å². The maximum Gasteiger partial charge on any atom is 0.264 e. The van der Waals surface area contributed by atoms with Crippen molar-refractivity contribution in [3.05, 3.63) is 78.1 Å². The first-order chi connectivity index (χ1) is 14.3. The van der Waals surface area contributed by atoms with Gasteiger partial charge in [0, 0.05) is 12.3 Å². The van der Waals surface area contributed by atoms with Crippen molar-refractivity contribution >= 4 is 27.3 Å². The van der Waals surface area contributed by atoms with Crippen molar-refractivity contribution < 1.29 is 17.9 Å². The first-order valence-electron chi connectivity index (χ1n) is 9.27. The highest BCUT2D eigenvalue weighted by molar-refractivity contribution is 7.92. The highest BCUT2D eigenvalue weighted by atomic mass is 32.2. The number of methoxy groups -OCH3 is 1. The molecule has 0 saturated heterocycles. The summed E-state index contributed by atoms with van der Waals surface area (Å²) in [7, 11) is -2.50. The minimum atomic E-state index is -4.00. The molecule has 0 bridgehead atoms. The molecule has 0 saturated carbocycles. The van der Waals surface area contributed by atoms with Gasteiger partial charge in [0.2, 0.25) is 5.91 Å². The Morgan fingerprint density at radius 3 is 2.47 bits per heavy atom. The third kappa shape index (κ3) is 4.60. The predicted molar refractivity (Wildman–Crippen MR) is 116 cm³/mol. The molecule has 7 nitrogen and oxygen atoms in total. The topological polar surface area (TPSA) is 88.6 Å². The van der Waals surface area contributed by atoms with Crippen LogP contribution in [0.2, 0.25) is 0 Å². The van der Waals surface area contributed by atoms with Gasteiger partial charge < -0.3 is 10.1 Å². The number of hydrogen-bond donors (Lipinski definition) is 1. The first kappa shape index (κ1) is 21.3. The molecule has 3 rings (SSSR count). The van der Waals surface area contributed by atoms with E-state index in [1.54, 1.807) is 68.6 Å². The van der Waals surface area contributed by atoms with Gasteiger partial charge in [-0.15, -0.1) is 0 Å². The van der Waals surface area contributed by atoms with E-state index < -0.39 is 22.5 Å². The summed E-state index contributed by atoms with van der Waals surface area (Å²) in [6.45, 7) is 3.14. The molecule has 0 aliphatic heterocycles. The second kappa shape index (κ2) is 8.96. The van der Waals surface area contributed by atoms with Gasteiger partial charge in [0.25, 0.3) is 10.0 Å². The zero-order valence-corrected chi connectivity index (χ0v) is 17.8. The fraction of sp³-hybridized carbons (Fsp3) is 0.182. The van der Waals surface area contributed by atoms with Gasteiger partial charge >= 0.3 is 0 Å². The molecule has 2 aromatic carbocycles. The number of hydrogen-bond acceptors (Lipinski definition) is 5. The molecule has 0 atom stereocenters. The van der Waals surface area contributed by atoms with E-state index in [1.807, 2.05) is 0 Å². The molecule has 1 aromatic heterocycles. The van der Waals surface area contributed by atoms with Crippen molar-refractivity contribution in [3.63, 3.8) is 0 Å². The summed E-state index contributed by atoms with van der Waals surface area (Å²) in [5.41, 5.74) is 2.24. The first-order valence-corrected chi connectivity index (χ1v) is 10.7. The summed E-state index contributed by atoms with van der Waals surface area (Å²) in [4.78, 5) is 17.1. The summed E-state index contributed by atoms with van der Waals surface area (Å²) < 4.78 is 33.2.